The summed E-state index contributed by atoms with van der Waals surface area (Å²) in [5, 5.41) is 21.1. The Balaban J connectivity index is 1.60. The molecule has 1 atom stereocenters. The lowest BCUT2D eigenvalue weighted by Gasteiger charge is -2.08. The number of aryl methyl sites for hydroxylation is 1. The topological polar surface area (TPSA) is 149 Å². The van der Waals surface area contributed by atoms with Crippen LogP contribution in [0.3, 0.4) is 0 Å². The summed E-state index contributed by atoms with van der Waals surface area (Å²) < 4.78 is 31.1. The quantitative estimate of drug-likeness (QED) is 0.319. The van der Waals surface area contributed by atoms with Gasteiger partial charge in [-0.05, 0) is 31.2 Å². The number of fused-ring (bicyclic) bond motifs is 1. The number of nitro groups is 1. The Morgan fingerprint density at radius 2 is 2.06 bits per heavy atom. The first-order valence-corrected chi connectivity index (χ1v) is 11.9. The molecular formula is C18H13N3O7S3. The van der Waals surface area contributed by atoms with Crippen molar-refractivity contribution in [2.45, 2.75) is 17.9 Å². The third kappa shape index (κ3) is 4.24. The number of hydrogen-bond donors (Lipinski definition) is 1. The second-order valence-corrected chi connectivity index (χ2v) is 10.1. The molecule has 1 N–H and O–H groups in total. The molecule has 1 aliphatic heterocycles. The highest BCUT2D eigenvalue weighted by Crippen LogP contribution is 2.32. The number of aliphatic imine (C=N–C) groups is 1. The number of hydrogen-bond acceptors (Lipinski definition) is 10. The molecule has 1 unspecified atom stereocenters. The predicted molar refractivity (Wildman–Crippen MR) is 116 cm³/mol. The summed E-state index contributed by atoms with van der Waals surface area (Å²) in [7, 11) is -4.20. The van der Waals surface area contributed by atoms with Gasteiger partial charge in [-0.1, -0.05) is 0 Å². The zero-order valence-corrected chi connectivity index (χ0v) is 18.2. The number of carbonyl (C=O) groups is 1. The minimum Gasteiger partial charge on any atom is -0.480 e. The molecular weight excluding hydrogens is 466 g/mol. The highest BCUT2D eigenvalue weighted by atomic mass is 32.2. The molecule has 2 heterocycles. The van der Waals surface area contributed by atoms with E-state index in [9.17, 15) is 23.3 Å². The Hall–Kier alpha value is -3.03. The van der Waals surface area contributed by atoms with E-state index in [0.29, 0.717) is 26.0 Å². The van der Waals surface area contributed by atoms with Gasteiger partial charge in [-0.15, -0.1) is 23.1 Å². The van der Waals surface area contributed by atoms with E-state index in [-0.39, 0.29) is 21.9 Å². The van der Waals surface area contributed by atoms with Gasteiger partial charge in [0.2, 0.25) is 0 Å². The maximum atomic E-state index is 12.6. The van der Waals surface area contributed by atoms with Crippen LogP contribution in [-0.4, -0.2) is 46.2 Å². The van der Waals surface area contributed by atoms with Gasteiger partial charge in [0.1, 0.15) is 20.7 Å². The van der Waals surface area contributed by atoms with Crippen LogP contribution in [0, 0.1) is 17.0 Å². The van der Waals surface area contributed by atoms with E-state index in [1.165, 1.54) is 48.2 Å². The SMILES string of the molecule is Cc1cc(S(=O)(=O)Oc2ccc3nc(C4=NC(C(=O)O)CS4)sc3c2)ccc1[N+](=O)[O-]. The highest BCUT2D eigenvalue weighted by Gasteiger charge is 2.27. The Labute approximate surface area is 183 Å². The standard InChI is InChI=1S/C18H13N3O7S3/c1-9-6-11(3-5-14(9)21(24)25)31(26,27)28-10-2-4-12-15(7-10)30-17(19-12)16-20-13(8-29-16)18(22)23/h2-7,13H,8H2,1H3,(H,22,23). The first-order chi connectivity index (χ1) is 14.6. The Kier molecular flexibility index (Phi) is 5.41. The monoisotopic (exact) mass is 479 g/mol. The van der Waals surface area contributed by atoms with Crippen molar-refractivity contribution in [1.29, 1.82) is 0 Å². The molecule has 0 fully saturated rings. The molecule has 0 saturated carbocycles. The van der Waals surface area contributed by atoms with Crippen molar-refractivity contribution in [1.82, 2.24) is 4.98 Å². The molecule has 2 aromatic carbocycles. The van der Waals surface area contributed by atoms with Gasteiger partial charge in [0.25, 0.3) is 5.69 Å². The van der Waals surface area contributed by atoms with Crippen LogP contribution in [0.25, 0.3) is 10.2 Å². The van der Waals surface area contributed by atoms with Gasteiger partial charge in [-0.3, -0.25) is 15.1 Å². The maximum Gasteiger partial charge on any atom is 0.339 e. The fourth-order valence-electron chi connectivity index (χ4n) is 2.83. The van der Waals surface area contributed by atoms with Crippen LogP contribution in [0.15, 0.2) is 46.3 Å². The second-order valence-electron chi connectivity index (χ2n) is 6.49. The summed E-state index contributed by atoms with van der Waals surface area (Å²) in [5.41, 5.74) is 0.611. The van der Waals surface area contributed by atoms with Crippen molar-refractivity contribution >= 4 is 60.1 Å². The minimum atomic E-state index is -4.20. The molecule has 0 radical (unpaired) electrons. The Bertz CT molecular complexity index is 1360. The summed E-state index contributed by atoms with van der Waals surface area (Å²) in [4.78, 5) is 29.8. The van der Waals surface area contributed by atoms with Crippen molar-refractivity contribution in [2.24, 2.45) is 4.99 Å². The molecule has 0 saturated heterocycles. The van der Waals surface area contributed by atoms with E-state index in [0.717, 1.165) is 12.1 Å². The molecule has 0 bridgehead atoms. The number of carboxylic acids is 1. The molecule has 3 aromatic rings. The fourth-order valence-corrected chi connectivity index (χ4v) is 5.93. The smallest absolute Gasteiger partial charge is 0.339 e. The summed E-state index contributed by atoms with van der Waals surface area (Å²) in [6.45, 7) is 1.45. The first-order valence-electron chi connectivity index (χ1n) is 8.68. The second kappa shape index (κ2) is 7.90. The maximum absolute atomic E-state index is 12.6. The molecule has 0 amide bonds. The average molecular weight is 480 g/mol. The molecule has 160 valence electrons. The molecule has 10 nitrogen and oxygen atoms in total. The Morgan fingerprint density at radius 1 is 1.29 bits per heavy atom. The van der Waals surface area contributed by atoms with Gasteiger partial charge < -0.3 is 9.29 Å². The normalized spacial score (nSPS) is 16.3. The number of nitrogens with zero attached hydrogens (tertiary/aromatic N) is 3. The van der Waals surface area contributed by atoms with Crippen molar-refractivity contribution in [3.63, 3.8) is 0 Å². The van der Waals surface area contributed by atoms with E-state index in [1.807, 2.05) is 0 Å². The average Bonchev–Trinajstić information content (AvgIpc) is 3.34. The van der Waals surface area contributed by atoms with Gasteiger partial charge in [0.05, 0.1) is 15.1 Å². The van der Waals surface area contributed by atoms with Crippen LogP contribution in [0.4, 0.5) is 5.69 Å². The van der Waals surface area contributed by atoms with Crippen molar-refractivity contribution in [3.8, 4) is 5.75 Å². The third-order valence-corrected chi connectivity index (χ3v) is 7.79. The molecule has 1 aliphatic rings. The van der Waals surface area contributed by atoms with Gasteiger partial charge in [-0.25, -0.2) is 9.78 Å². The number of nitro benzene ring substituents is 1. The van der Waals surface area contributed by atoms with Crippen molar-refractivity contribution < 1.29 is 27.4 Å². The number of rotatable bonds is 6. The predicted octanol–water partition coefficient (Wildman–Crippen LogP) is 3.23. The summed E-state index contributed by atoms with van der Waals surface area (Å²) >= 11 is 2.55. The molecule has 4 rings (SSSR count). The van der Waals surface area contributed by atoms with Crippen molar-refractivity contribution in [2.75, 3.05) is 5.75 Å². The lowest BCUT2D eigenvalue weighted by atomic mass is 10.2. The lowest BCUT2D eigenvalue weighted by molar-refractivity contribution is -0.385. The van der Waals surface area contributed by atoms with Crippen molar-refractivity contribution in [3.05, 3.63) is 57.1 Å². The number of carboxylic acid groups (broad SMARTS) is 1. The van der Waals surface area contributed by atoms with E-state index in [2.05, 4.69) is 9.98 Å². The van der Waals surface area contributed by atoms with Crippen LogP contribution in [0.2, 0.25) is 0 Å². The number of thioether (sulfide) groups is 1. The van der Waals surface area contributed by atoms with Crippen LogP contribution in [0.1, 0.15) is 10.6 Å². The number of aromatic nitrogens is 1. The molecule has 31 heavy (non-hydrogen) atoms. The minimum absolute atomic E-state index is 0.0585. The third-order valence-electron chi connectivity index (χ3n) is 4.34. The lowest BCUT2D eigenvalue weighted by Crippen LogP contribution is -2.17. The largest absolute Gasteiger partial charge is 0.480 e. The van der Waals surface area contributed by atoms with Gasteiger partial charge in [0.15, 0.2) is 6.04 Å². The molecule has 0 aliphatic carbocycles. The zero-order valence-electron chi connectivity index (χ0n) is 15.7. The molecule has 0 spiro atoms. The number of thiazole rings is 1. The van der Waals surface area contributed by atoms with E-state index < -0.39 is 27.1 Å². The molecule has 13 heteroatoms. The fraction of sp³-hybridized carbons (Fsp3) is 0.167. The number of aliphatic carboxylic acids is 1. The number of benzene rings is 2. The van der Waals surface area contributed by atoms with Crippen LogP contribution in [0.5, 0.6) is 5.75 Å². The first kappa shape index (κ1) is 21.2. The highest BCUT2D eigenvalue weighted by molar-refractivity contribution is 8.15. The molecule has 1 aromatic heterocycles. The zero-order chi connectivity index (χ0) is 22.3. The van der Waals surface area contributed by atoms with E-state index in [4.69, 9.17) is 9.29 Å². The summed E-state index contributed by atoms with van der Waals surface area (Å²) in [5.74, 6) is -0.601. The Morgan fingerprint density at radius 3 is 2.71 bits per heavy atom. The van der Waals surface area contributed by atoms with Crippen LogP contribution in [-0.2, 0) is 14.9 Å². The van der Waals surface area contributed by atoms with E-state index >= 15 is 0 Å². The van der Waals surface area contributed by atoms with Crippen LogP contribution < -0.4 is 4.18 Å². The van der Waals surface area contributed by atoms with Gasteiger partial charge in [0, 0.05) is 23.4 Å². The summed E-state index contributed by atoms with van der Waals surface area (Å²) in [6.07, 6.45) is 0. The van der Waals surface area contributed by atoms with E-state index in [1.54, 1.807) is 6.07 Å². The van der Waals surface area contributed by atoms with Gasteiger partial charge in [-0.2, -0.15) is 8.42 Å². The van der Waals surface area contributed by atoms with Gasteiger partial charge >= 0.3 is 16.1 Å². The summed E-state index contributed by atoms with van der Waals surface area (Å²) in [6, 6.07) is 7.18. The van der Waals surface area contributed by atoms with Crippen LogP contribution >= 0.6 is 23.1 Å².